The first kappa shape index (κ1) is 19.4. The molecule has 2 aromatic rings. The van der Waals surface area contributed by atoms with Crippen LogP contribution in [0.3, 0.4) is 0 Å². The number of nitrogens with zero attached hydrogens (tertiary/aromatic N) is 1. The Balaban J connectivity index is 2.30. The van der Waals surface area contributed by atoms with Gasteiger partial charge in [-0.2, -0.15) is 8.42 Å². The average Bonchev–Trinajstić information content (AvgIpc) is 2.55. The molecule has 0 radical (unpaired) electrons. The summed E-state index contributed by atoms with van der Waals surface area (Å²) in [7, 11) is -7.13. The maximum atomic E-state index is 12.5. The first-order valence-corrected chi connectivity index (χ1v) is 10.8. The maximum Gasteiger partial charge on any atom is 0.314 e. The van der Waals surface area contributed by atoms with Crippen LogP contribution in [-0.2, 0) is 26.7 Å². The van der Waals surface area contributed by atoms with Crippen molar-refractivity contribution in [3.8, 4) is 0 Å². The Labute approximate surface area is 149 Å². The Hall–Kier alpha value is -1.90. The fourth-order valence-electron chi connectivity index (χ4n) is 2.49. The molecule has 8 heteroatoms. The normalized spacial score (nSPS) is 12.1. The predicted molar refractivity (Wildman–Crippen MR) is 99.3 cm³/mol. The van der Waals surface area contributed by atoms with Gasteiger partial charge in [0, 0.05) is 7.05 Å². The lowest BCUT2D eigenvalue weighted by molar-refractivity contribution is 0.576. The number of hydrogen-bond donors (Lipinski definition) is 1. The van der Waals surface area contributed by atoms with E-state index in [2.05, 4.69) is 6.92 Å². The molecule has 25 heavy (non-hydrogen) atoms. The zero-order chi connectivity index (χ0) is 18.7. The fourth-order valence-corrected chi connectivity index (χ4v) is 5.41. The second kappa shape index (κ2) is 7.55. The van der Waals surface area contributed by atoms with Crippen LogP contribution < -0.4 is 8.43 Å². The van der Waals surface area contributed by atoms with E-state index in [1.54, 1.807) is 23.2 Å². The zero-order valence-electron chi connectivity index (χ0n) is 14.4. The largest absolute Gasteiger partial charge is 0.314 e. The molecular weight excluding hydrogens is 360 g/mol. The minimum Gasteiger partial charge on any atom is -0.260 e. The summed E-state index contributed by atoms with van der Waals surface area (Å²) in [6.07, 6.45) is 1.89. The Bertz CT molecular complexity index is 940. The molecule has 0 aliphatic rings. The molecule has 0 saturated heterocycles. The minimum atomic E-state index is -4.27. The quantitative estimate of drug-likeness (QED) is 0.798. The summed E-state index contributed by atoms with van der Waals surface area (Å²) in [5.41, 5.74) is 2.30. The Morgan fingerprint density at radius 1 is 1.00 bits per heavy atom. The molecule has 0 heterocycles. The number of hydrogen-bond acceptors (Lipinski definition) is 4. The van der Waals surface area contributed by atoms with Crippen molar-refractivity contribution < 1.29 is 16.8 Å². The lowest BCUT2D eigenvalue weighted by Gasteiger charge is -2.22. The maximum absolute atomic E-state index is 12.5. The van der Waals surface area contributed by atoms with Gasteiger partial charge in [-0.25, -0.2) is 8.42 Å². The Kier molecular flexibility index (Phi) is 5.87. The molecule has 0 amide bonds. The van der Waals surface area contributed by atoms with Gasteiger partial charge in [0.2, 0.25) is 0 Å². The molecule has 6 nitrogen and oxygen atoms in total. The van der Waals surface area contributed by atoms with Crippen molar-refractivity contribution in [1.82, 2.24) is 4.13 Å². The third kappa shape index (κ3) is 4.59. The Morgan fingerprint density at radius 3 is 2.20 bits per heavy atom. The number of anilines is 1. The third-order valence-electron chi connectivity index (χ3n) is 3.77. The number of rotatable bonds is 7. The molecule has 2 rings (SSSR count). The molecule has 136 valence electrons. The minimum absolute atomic E-state index is 0.109. The van der Waals surface area contributed by atoms with Crippen LogP contribution >= 0.6 is 0 Å². The topological polar surface area (TPSA) is 83.6 Å². The van der Waals surface area contributed by atoms with Crippen LogP contribution in [0.25, 0.3) is 0 Å². The van der Waals surface area contributed by atoms with E-state index in [0.29, 0.717) is 5.69 Å². The summed E-state index contributed by atoms with van der Waals surface area (Å²) in [5.74, 6) is 0. The number of aryl methyl sites for hydroxylation is 2. The molecule has 0 spiro atoms. The summed E-state index contributed by atoms with van der Waals surface area (Å²) in [6.45, 7) is 3.87. The smallest absolute Gasteiger partial charge is 0.260 e. The molecule has 0 fully saturated rings. The van der Waals surface area contributed by atoms with Gasteiger partial charge in [-0.15, -0.1) is 0 Å². The molecule has 0 saturated carbocycles. The second-order valence-corrected chi connectivity index (χ2v) is 9.39. The third-order valence-corrected chi connectivity index (χ3v) is 7.30. The number of nitrogens with one attached hydrogen (secondary N) is 1. The molecular formula is C17H22N2O4S2. The first-order valence-electron chi connectivity index (χ1n) is 7.84. The van der Waals surface area contributed by atoms with E-state index in [9.17, 15) is 16.8 Å². The lowest BCUT2D eigenvalue weighted by atomic mass is 10.1. The van der Waals surface area contributed by atoms with E-state index in [1.807, 2.05) is 12.1 Å². The SMILES string of the molecule is CCCc1ccc(N(C)S(=O)(=O)NS(=O)(=O)c2ccccc2)c(C)c1. The van der Waals surface area contributed by atoms with Crippen LogP contribution in [0.5, 0.6) is 0 Å². The van der Waals surface area contributed by atoms with Crippen LogP contribution in [0.4, 0.5) is 5.69 Å². The highest BCUT2D eigenvalue weighted by molar-refractivity contribution is 8.05. The highest BCUT2D eigenvalue weighted by Gasteiger charge is 2.27. The standard InChI is InChI=1S/C17H22N2O4S2/c1-4-8-15-11-12-17(14(2)13-15)19(3)25(22,23)18-24(20,21)16-9-6-5-7-10-16/h5-7,9-13,18H,4,8H2,1-3H3. The van der Waals surface area contributed by atoms with Crippen LogP contribution in [0, 0.1) is 6.92 Å². The van der Waals surface area contributed by atoms with E-state index in [4.69, 9.17) is 0 Å². The van der Waals surface area contributed by atoms with Gasteiger partial charge in [-0.05, 0) is 42.7 Å². The molecule has 0 aliphatic carbocycles. The summed E-state index contributed by atoms with van der Waals surface area (Å²) < 4.78 is 52.3. The predicted octanol–water partition coefficient (Wildman–Crippen LogP) is 2.61. The van der Waals surface area contributed by atoms with E-state index in [-0.39, 0.29) is 4.90 Å². The summed E-state index contributed by atoms with van der Waals surface area (Å²) in [4.78, 5) is -0.109. The molecule has 2 aromatic carbocycles. The molecule has 0 unspecified atom stereocenters. The van der Waals surface area contributed by atoms with Crippen LogP contribution in [0.2, 0.25) is 0 Å². The molecule has 0 aromatic heterocycles. The van der Waals surface area contributed by atoms with Gasteiger partial charge in [0.15, 0.2) is 0 Å². The Morgan fingerprint density at radius 2 is 1.64 bits per heavy atom. The van der Waals surface area contributed by atoms with Crippen molar-refractivity contribution in [3.63, 3.8) is 0 Å². The van der Waals surface area contributed by atoms with E-state index >= 15 is 0 Å². The molecule has 0 atom stereocenters. The van der Waals surface area contributed by atoms with Crippen molar-refractivity contribution in [1.29, 1.82) is 0 Å². The van der Waals surface area contributed by atoms with Gasteiger partial charge in [-0.1, -0.05) is 47.8 Å². The van der Waals surface area contributed by atoms with Gasteiger partial charge in [0.1, 0.15) is 0 Å². The molecule has 1 N–H and O–H groups in total. The fraction of sp³-hybridized carbons (Fsp3) is 0.294. The summed E-state index contributed by atoms with van der Waals surface area (Å²) in [6, 6.07) is 12.8. The van der Waals surface area contributed by atoms with Crippen molar-refractivity contribution in [2.45, 2.75) is 31.6 Å². The van der Waals surface area contributed by atoms with Gasteiger partial charge in [-0.3, -0.25) is 4.31 Å². The molecule has 0 aliphatic heterocycles. The van der Waals surface area contributed by atoms with Crippen molar-refractivity contribution in [3.05, 3.63) is 59.7 Å². The zero-order valence-corrected chi connectivity index (χ0v) is 16.1. The van der Waals surface area contributed by atoms with Gasteiger partial charge >= 0.3 is 10.2 Å². The highest BCUT2D eigenvalue weighted by atomic mass is 32.3. The van der Waals surface area contributed by atoms with Crippen molar-refractivity contribution >= 4 is 25.9 Å². The molecule has 0 bridgehead atoms. The highest BCUT2D eigenvalue weighted by Crippen LogP contribution is 2.23. The average molecular weight is 383 g/mol. The van der Waals surface area contributed by atoms with Gasteiger partial charge in [0.25, 0.3) is 10.0 Å². The summed E-state index contributed by atoms with van der Waals surface area (Å²) in [5, 5.41) is 0. The van der Waals surface area contributed by atoms with E-state index < -0.39 is 20.2 Å². The second-order valence-electron chi connectivity index (χ2n) is 5.74. The van der Waals surface area contributed by atoms with Crippen molar-refractivity contribution in [2.75, 3.05) is 11.4 Å². The van der Waals surface area contributed by atoms with Crippen LogP contribution in [-0.4, -0.2) is 23.9 Å². The van der Waals surface area contributed by atoms with Crippen molar-refractivity contribution in [2.24, 2.45) is 0 Å². The van der Waals surface area contributed by atoms with Gasteiger partial charge < -0.3 is 0 Å². The van der Waals surface area contributed by atoms with Gasteiger partial charge in [0.05, 0.1) is 10.6 Å². The van der Waals surface area contributed by atoms with E-state index in [0.717, 1.165) is 28.3 Å². The first-order chi connectivity index (χ1) is 11.7. The van der Waals surface area contributed by atoms with E-state index in [1.165, 1.54) is 31.3 Å². The van der Waals surface area contributed by atoms with Crippen LogP contribution in [0.15, 0.2) is 53.4 Å². The monoisotopic (exact) mass is 382 g/mol. The van der Waals surface area contributed by atoms with Crippen LogP contribution in [0.1, 0.15) is 24.5 Å². The number of benzene rings is 2. The lowest BCUT2D eigenvalue weighted by Crippen LogP contribution is -2.41. The number of sulfonamides is 1. The summed E-state index contributed by atoms with van der Waals surface area (Å²) >= 11 is 0.